The highest BCUT2D eigenvalue weighted by Gasteiger charge is 2.19. The molecule has 4 nitrogen and oxygen atoms in total. The summed E-state index contributed by atoms with van der Waals surface area (Å²) < 4.78 is 15.6. The Labute approximate surface area is 152 Å². The molecule has 2 heterocycles. The molecule has 130 valence electrons. The highest BCUT2D eigenvalue weighted by atomic mass is 19.1. The number of halogens is 1. The van der Waals surface area contributed by atoms with Crippen molar-refractivity contribution in [2.45, 2.75) is 26.6 Å². The Morgan fingerprint density at radius 3 is 2.81 bits per heavy atom. The lowest BCUT2D eigenvalue weighted by atomic mass is 10.1. The minimum atomic E-state index is -0.455. The topological polar surface area (TPSA) is 25.4 Å². The molecule has 1 aliphatic heterocycles. The Morgan fingerprint density at radius 2 is 2.00 bits per heavy atom. The third-order valence-electron chi connectivity index (χ3n) is 4.84. The van der Waals surface area contributed by atoms with Gasteiger partial charge < -0.3 is 0 Å². The molecule has 0 aliphatic carbocycles. The Morgan fingerprint density at radius 1 is 1.15 bits per heavy atom. The van der Waals surface area contributed by atoms with Crippen LogP contribution in [0.4, 0.5) is 10.1 Å². The van der Waals surface area contributed by atoms with E-state index in [-0.39, 0.29) is 5.69 Å². The second kappa shape index (κ2) is 6.74. The van der Waals surface area contributed by atoms with Gasteiger partial charge in [0.1, 0.15) is 5.82 Å². The smallest absolute Gasteiger partial charge is 0.222 e. The van der Waals surface area contributed by atoms with E-state index >= 15 is 0 Å². The second-order valence-electron chi connectivity index (χ2n) is 6.67. The van der Waals surface area contributed by atoms with Crippen LogP contribution in [0.2, 0.25) is 0 Å². The molecule has 4 rings (SSSR count). The Hall–Kier alpha value is -2.97. The predicted molar refractivity (Wildman–Crippen MR) is 99.2 cm³/mol. The highest BCUT2D eigenvalue weighted by molar-refractivity contribution is 5.63. The van der Waals surface area contributed by atoms with Crippen LogP contribution in [-0.4, -0.2) is 21.2 Å². The fourth-order valence-corrected chi connectivity index (χ4v) is 3.45. The quantitative estimate of drug-likeness (QED) is 0.650. The van der Waals surface area contributed by atoms with Gasteiger partial charge in [0.2, 0.25) is 5.69 Å². The summed E-state index contributed by atoms with van der Waals surface area (Å²) in [6.07, 6.45) is 0. The molecular weight excluding hydrogens is 327 g/mol. The van der Waals surface area contributed by atoms with E-state index in [4.69, 9.17) is 11.7 Å². The maximum absolute atomic E-state index is 13.5. The van der Waals surface area contributed by atoms with Crippen molar-refractivity contribution in [3.8, 4) is 11.3 Å². The van der Waals surface area contributed by atoms with Crippen molar-refractivity contribution in [1.82, 2.24) is 14.7 Å². The van der Waals surface area contributed by atoms with Gasteiger partial charge in [0, 0.05) is 25.2 Å². The van der Waals surface area contributed by atoms with E-state index in [0.29, 0.717) is 6.54 Å². The van der Waals surface area contributed by atoms with Crippen molar-refractivity contribution >= 4 is 5.69 Å². The van der Waals surface area contributed by atoms with Gasteiger partial charge in [-0.05, 0) is 36.2 Å². The molecule has 0 saturated carbocycles. The summed E-state index contributed by atoms with van der Waals surface area (Å²) in [4.78, 5) is 5.55. The molecule has 3 aromatic rings. The van der Waals surface area contributed by atoms with Crippen LogP contribution in [0.1, 0.15) is 16.8 Å². The first-order valence-corrected chi connectivity index (χ1v) is 8.65. The number of hydrogen-bond donors (Lipinski definition) is 0. The zero-order chi connectivity index (χ0) is 18.1. The number of hydrogen-bond acceptors (Lipinski definition) is 2. The standard InChI is InChI=1S/C21H19FN4/c1-15-5-3-4-6-18(15)20-12-17-14-25(9-10-26(17)24-20)13-16-7-8-19(22)21(11-16)23-2/h3-8,11-12H,9-10,13-14H2,1H3. The van der Waals surface area contributed by atoms with Gasteiger partial charge in [-0.25, -0.2) is 9.24 Å². The lowest BCUT2D eigenvalue weighted by Gasteiger charge is -2.27. The summed E-state index contributed by atoms with van der Waals surface area (Å²) in [5.41, 5.74) is 5.63. The zero-order valence-corrected chi connectivity index (χ0v) is 14.6. The summed E-state index contributed by atoms with van der Waals surface area (Å²) in [5.74, 6) is -0.455. The summed E-state index contributed by atoms with van der Waals surface area (Å²) in [6, 6.07) is 15.2. The summed E-state index contributed by atoms with van der Waals surface area (Å²) >= 11 is 0. The summed E-state index contributed by atoms with van der Waals surface area (Å²) in [6.45, 7) is 12.4. The number of fused-ring (bicyclic) bond motifs is 1. The number of nitrogens with zero attached hydrogens (tertiary/aromatic N) is 4. The van der Waals surface area contributed by atoms with Crippen LogP contribution in [0.25, 0.3) is 16.1 Å². The largest absolute Gasteiger partial charge is 0.291 e. The van der Waals surface area contributed by atoms with Gasteiger partial charge in [-0.15, -0.1) is 0 Å². The van der Waals surface area contributed by atoms with Crippen molar-refractivity contribution in [3.05, 3.63) is 82.6 Å². The van der Waals surface area contributed by atoms with E-state index in [1.807, 2.05) is 12.1 Å². The van der Waals surface area contributed by atoms with Gasteiger partial charge >= 0.3 is 0 Å². The SMILES string of the molecule is [C-]#[N+]c1cc(CN2CCn3nc(-c4ccccc4C)cc3C2)ccc1F. The van der Waals surface area contributed by atoms with E-state index in [9.17, 15) is 4.39 Å². The van der Waals surface area contributed by atoms with Gasteiger partial charge in [-0.3, -0.25) is 9.58 Å². The summed E-state index contributed by atoms with van der Waals surface area (Å²) in [7, 11) is 0. The Balaban J connectivity index is 1.53. The molecule has 0 amide bonds. The molecule has 0 atom stereocenters. The molecule has 0 spiro atoms. The number of rotatable bonds is 3. The van der Waals surface area contributed by atoms with E-state index in [1.165, 1.54) is 22.9 Å². The van der Waals surface area contributed by atoms with E-state index in [1.54, 1.807) is 12.1 Å². The van der Waals surface area contributed by atoms with Crippen molar-refractivity contribution in [1.29, 1.82) is 0 Å². The lowest BCUT2D eigenvalue weighted by molar-refractivity contribution is 0.205. The molecule has 0 radical (unpaired) electrons. The Bertz CT molecular complexity index is 999. The number of aromatic nitrogens is 2. The van der Waals surface area contributed by atoms with Crippen molar-refractivity contribution < 1.29 is 4.39 Å². The first-order valence-electron chi connectivity index (χ1n) is 8.65. The second-order valence-corrected chi connectivity index (χ2v) is 6.67. The molecule has 0 unspecified atom stereocenters. The van der Waals surface area contributed by atoms with Crippen molar-refractivity contribution in [2.24, 2.45) is 0 Å². The monoisotopic (exact) mass is 346 g/mol. The third kappa shape index (κ3) is 3.12. The maximum Gasteiger partial charge on any atom is 0.222 e. The van der Waals surface area contributed by atoms with Crippen LogP contribution in [-0.2, 0) is 19.6 Å². The molecule has 0 saturated heterocycles. The predicted octanol–water partition coefficient (Wildman–Crippen LogP) is 4.56. The van der Waals surface area contributed by atoms with Gasteiger partial charge in [0.05, 0.1) is 24.5 Å². The van der Waals surface area contributed by atoms with Crippen LogP contribution in [0.15, 0.2) is 48.5 Å². The molecule has 2 aromatic carbocycles. The average Bonchev–Trinajstić information content (AvgIpc) is 3.06. The summed E-state index contributed by atoms with van der Waals surface area (Å²) in [5, 5.41) is 4.76. The molecule has 0 N–H and O–H groups in total. The van der Waals surface area contributed by atoms with Crippen LogP contribution in [0.3, 0.4) is 0 Å². The number of aryl methyl sites for hydroxylation is 1. The Kier molecular flexibility index (Phi) is 4.27. The van der Waals surface area contributed by atoms with Crippen LogP contribution in [0, 0.1) is 19.3 Å². The maximum atomic E-state index is 13.5. The minimum Gasteiger partial charge on any atom is -0.291 e. The molecule has 5 heteroatoms. The molecular formula is C21H19FN4. The van der Waals surface area contributed by atoms with Gasteiger partial charge in [-0.1, -0.05) is 30.3 Å². The molecule has 0 bridgehead atoms. The highest BCUT2D eigenvalue weighted by Crippen LogP contribution is 2.26. The van der Waals surface area contributed by atoms with Crippen LogP contribution in [0.5, 0.6) is 0 Å². The van der Waals surface area contributed by atoms with E-state index in [0.717, 1.165) is 30.9 Å². The fourth-order valence-electron chi connectivity index (χ4n) is 3.45. The zero-order valence-electron chi connectivity index (χ0n) is 14.6. The van der Waals surface area contributed by atoms with Gasteiger partial charge in [-0.2, -0.15) is 5.10 Å². The minimum absolute atomic E-state index is 0.0893. The van der Waals surface area contributed by atoms with Gasteiger partial charge in [0.25, 0.3) is 0 Å². The number of benzene rings is 2. The van der Waals surface area contributed by atoms with Crippen LogP contribution < -0.4 is 0 Å². The molecule has 1 aliphatic rings. The lowest BCUT2D eigenvalue weighted by Crippen LogP contribution is -2.33. The normalized spacial score (nSPS) is 14.0. The third-order valence-corrected chi connectivity index (χ3v) is 4.84. The van der Waals surface area contributed by atoms with Crippen LogP contribution >= 0.6 is 0 Å². The molecule has 1 aromatic heterocycles. The van der Waals surface area contributed by atoms with Crippen molar-refractivity contribution in [3.63, 3.8) is 0 Å². The fraction of sp³-hybridized carbons (Fsp3) is 0.238. The van der Waals surface area contributed by atoms with E-state index < -0.39 is 5.82 Å². The van der Waals surface area contributed by atoms with Gasteiger partial charge in [0.15, 0.2) is 0 Å². The van der Waals surface area contributed by atoms with Crippen molar-refractivity contribution in [2.75, 3.05) is 6.54 Å². The first-order chi connectivity index (χ1) is 12.6. The van der Waals surface area contributed by atoms with E-state index in [2.05, 4.69) is 39.5 Å². The average molecular weight is 346 g/mol. The molecule has 26 heavy (non-hydrogen) atoms. The molecule has 0 fully saturated rings. The first kappa shape index (κ1) is 16.5.